The number of sulfonamides is 1. The lowest BCUT2D eigenvalue weighted by Gasteiger charge is -2.16. The SMILES string of the molecule is CCCOc1ccccc1NS(=O)(=O)c1ccccc1OC(F)(F)F. The van der Waals surface area contributed by atoms with Crippen molar-refractivity contribution in [3.63, 3.8) is 0 Å². The first kappa shape index (κ1) is 18.9. The predicted octanol–water partition coefficient (Wildman–Crippen LogP) is 4.17. The molecule has 25 heavy (non-hydrogen) atoms. The third-order valence-corrected chi connectivity index (χ3v) is 4.36. The van der Waals surface area contributed by atoms with Gasteiger partial charge in [-0.1, -0.05) is 31.2 Å². The van der Waals surface area contributed by atoms with E-state index >= 15 is 0 Å². The van der Waals surface area contributed by atoms with Gasteiger partial charge >= 0.3 is 6.36 Å². The molecule has 0 fully saturated rings. The number of alkyl halides is 3. The highest BCUT2D eigenvalue weighted by molar-refractivity contribution is 7.92. The second-order valence-corrected chi connectivity index (χ2v) is 6.60. The molecule has 9 heteroatoms. The Morgan fingerprint density at radius 3 is 2.24 bits per heavy atom. The van der Waals surface area contributed by atoms with Gasteiger partial charge in [-0.15, -0.1) is 13.2 Å². The molecule has 0 saturated carbocycles. The van der Waals surface area contributed by atoms with Gasteiger partial charge < -0.3 is 9.47 Å². The predicted molar refractivity (Wildman–Crippen MR) is 86.2 cm³/mol. The molecule has 2 rings (SSSR count). The molecule has 0 bridgehead atoms. The van der Waals surface area contributed by atoms with Crippen LogP contribution in [0, 0.1) is 0 Å². The fourth-order valence-corrected chi connectivity index (χ4v) is 3.17. The average molecular weight is 375 g/mol. The minimum absolute atomic E-state index is 0.123. The van der Waals surface area contributed by atoms with Crippen molar-refractivity contribution in [2.45, 2.75) is 24.6 Å². The Morgan fingerprint density at radius 2 is 1.60 bits per heavy atom. The lowest BCUT2D eigenvalue weighted by Crippen LogP contribution is -2.21. The normalized spacial score (nSPS) is 11.8. The Kier molecular flexibility index (Phi) is 5.78. The Bertz CT molecular complexity index is 822. The molecule has 2 aromatic carbocycles. The van der Waals surface area contributed by atoms with E-state index in [1.807, 2.05) is 6.92 Å². The van der Waals surface area contributed by atoms with Crippen LogP contribution in [0.1, 0.15) is 13.3 Å². The van der Waals surface area contributed by atoms with Gasteiger partial charge in [0.2, 0.25) is 0 Å². The molecule has 0 spiro atoms. The van der Waals surface area contributed by atoms with E-state index in [0.717, 1.165) is 12.1 Å². The maximum atomic E-state index is 12.5. The van der Waals surface area contributed by atoms with E-state index in [1.165, 1.54) is 18.2 Å². The van der Waals surface area contributed by atoms with Crippen molar-refractivity contribution in [1.29, 1.82) is 0 Å². The molecular formula is C16H16F3NO4S. The van der Waals surface area contributed by atoms with Crippen LogP contribution in [0.3, 0.4) is 0 Å². The number of benzene rings is 2. The minimum Gasteiger partial charge on any atom is -0.491 e. The summed E-state index contributed by atoms with van der Waals surface area (Å²) in [6, 6.07) is 10.8. The van der Waals surface area contributed by atoms with Crippen molar-refractivity contribution in [1.82, 2.24) is 0 Å². The molecule has 5 nitrogen and oxygen atoms in total. The summed E-state index contributed by atoms with van der Waals surface area (Å²) in [6.07, 6.45) is -4.29. The molecule has 136 valence electrons. The first-order chi connectivity index (χ1) is 11.7. The van der Waals surface area contributed by atoms with Gasteiger partial charge in [0.25, 0.3) is 10.0 Å². The van der Waals surface area contributed by atoms with Crippen LogP contribution in [0.5, 0.6) is 11.5 Å². The van der Waals surface area contributed by atoms with Gasteiger partial charge in [-0.2, -0.15) is 0 Å². The summed E-state index contributed by atoms with van der Waals surface area (Å²) in [5.41, 5.74) is 0.123. The molecule has 1 N–H and O–H groups in total. The van der Waals surface area contributed by atoms with Gasteiger partial charge in [0.1, 0.15) is 16.4 Å². The van der Waals surface area contributed by atoms with Gasteiger partial charge in [-0.25, -0.2) is 8.42 Å². The topological polar surface area (TPSA) is 64.6 Å². The zero-order valence-corrected chi connectivity index (χ0v) is 14.0. The standard InChI is InChI=1S/C16H16F3NO4S/c1-2-11-23-13-8-4-3-7-12(13)20-25(21,22)15-10-6-5-9-14(15)24-16(17,18)19/h3-10,20H,2,11H2,1H3. The van der Waals surface area contributed by atoms with Crippen LogP contribution in [0.2, 0.25) is 0 Å². The summed E-state index contributed by atoms with van der Waals surface area (Å²) < 4.78 is 74.0. The number of anilines is 1. The summed E-state index contributed by atoms with van der Waals surface area (Å²) in [5, 5.41) is 0. The molecule has 0 heterocycles. The first-order valence-electron chi connectivity index (χ1n) is 7.32. The summed E-state index contributed by atoms with van der Waals surface area (Å²) in [4.78, 5) is -0.627. The van der Waals surface area contributed by atoms with Crippen LogP contribution in [-0.4, -0.2) is 21.4 Å². The molecule has 0 aliphatic rings. The number of rotatable bonds is 7. The van der Waals surface area contributed by atoms with E-state index in [-0.39, 0.29) is 11.4 Å². The zero-order chi connectivity index (χ0) is 18.5. The van der Waals surface area contributed by atoms with Gasteiger partial charge in [-0.05, 0) is 30.7 Å². The molecule has 0 radical (unpaired) electrons. The zero-order valence-electron chi connectivity index (χ0n) is 13.2. The maximum Gasteiger partial charge on any atom is 0.573 e. The smallest absolute Gasteiger partial charge is 0.491 e. The van der Waals surface area contributed by atoms with Gasteiger partial charge in [0, 0.05) is 0 Å². The van der Waals surface area contributed by atoms with Crippen LogP contribution in [0.4, 0.5) is 18.9 Å². The summed E-state index contributed by atoms with van der Waals surface area (Å²) in [7, 11) is -4.32. The van der Waals surface area contributed by atoms with Crippen molar-refractivity contribution in [2.75, 3.05) is 11.3 Å². The third-order valence-electron chi connectivity index (χ3n) is 2.96. The first-order valence-corrected chi connectivity index (χ1v) is 8.80. The van der Waals surface area contributed by atoms with Crippen LogP contribution in [0.25, 0.3) is 0 Å². The summed E-state index contributed by atoms with van der Waals surface area (Å²) in [6.45, 7) is 2.25. The van der Waals surface area contributed by atoms with Gasteiger partial charge in [0.15, 0.2) is 0 Å². The monoisotopic (exact) mass is 375 g/mol. The lowest BCUT2D eigenvalue weighted by atomic mass is 10.3. The number of halogens is 3. The number of para-hydroxylation sites is 3. The van der Waals surface area contributed by atoms with Crippen molar-refractivity contribution in [3.8, 4) is 11.5 Å². The summed E-state index contributed by atoms with van der Waals surface area (Å²) in [5.74, 6) is -0.531. The number of ether oxygens (including phenoxy) is 2. The largest absolute Gasteiger partial charge is 0.573 e. The molecule has 0 atom stereocenters. The molecule has 0 amide bonds. The fourth-order valence-electron chi connectivity index (χ4n) is 1.97. The Labute approximate surface area is 143 Å². The van der Waals surface area contributed by atoms with Crippen molar-refractivity contribution < 1.29 is 31.1 Å². The second-order valence-electron chi connectivity index (χ2n) is 4.94. The van der Waals surface area contributed by atoms with Crippen LogP contribution in [-0.2, 0) is 10.0 Å². The highest BCUT2D eigenvalue weighted by Gasteiger charge is 2.34. The molecule has 0 saturated heterocycles. The molecule has 0 aliphatic heterocycles. The molecule has 0 aliphatic carbocycles. The van der Waals surface area contributed by atoms with E-state index < -0.39 is 27.0 Å². The molecular weight excluding hydrogens is 359 g/mol. The third kappa shape index (κ3) is 5.28. The molecule has 0 unspecified atom stereocenters. The van der Waals surface area contributed by atoms with E-state index in [0.29, 0.717) is 13.0 Å². The number of hydrogen-bond donors (Lipinski definition) is 1. The second kappa shape index (κ2) is 7.64. The van der Waals surface area contributed by atoms with E-state index in [9.17, 15) is 21.6 Å². The highest BCUT2D eigenvalue weighted by atomic mass is 32.2. The maximum absolute atomic E-state index is 12.5. The highest BCUT2D eigenvalue weighted by Crippen LogP contribution is 2.32. The quantitative estimate of drug-likeness (QED) is 0.789. The minimum atomic E-state index is -5.01. The lowest BCUT2D eigenvalue weighted by molar-refractivity contribution is -0.275. The van der Waals surface area contributed by atoms with Gasteiger partial charge in [0.05, 0.1) is 12.3 Å². The number of nitrogens with one attached hydrogen (secondary N) is 1. The fraction of sp³-hybridized carbons (Fsp3) is 0.250. The van der Waals surface area contributed by atoms with Gasteiger partial charge in [-0.3, -0.25) is 4.72 Å². The van der Waals surface area contributed by atoms with E-state index in [1.54, 1.807) is 18.2 Å². The number of hydrogen-bond acceptors (Lipinski definition) is 4. The van der Waals surface area contributed by atoms with Crippen LogP contribution >= 0.6 is 0 Å². The van der Waals surface area contributed by atoms with Crippen LogP contribution < -0.4 is 14.2 Å². The van der Waals surface area contributed by atoms with Crippen molar-refractivity contribution in [2.24, 2.45) is 0 Å². The molecule has 0 aromatic heterocycles. The Hall–Kier alpha value is -2.42. The van der Waals surface area contributed by atoms with E-state index in [4.69, 9.17) is 4.74 Å². The summed E-state index contributed by atoms with van der Waals surface area (Å²) >= 11 is 0. The van der Waals surface area contributed by atoms with E-state index in [2.05, 4.69) is 9.46 Å². The Morgan fingerprint density at radius 1 is 1.00 bits per heavy atom. The molecule has 2 aromatic rings. The average Bonchev–Trinajstić information content (AvgIpc) is 2.52. The Balaban J connectivity index is 2.35. The van der Waals surface area contributed by atoms with Crippen molar-refractivity contribution >= 4 is 15.7 Å². The van der Waals surface area contributed by atoms with Crippen molar-refractivity contribution in [3.05, 3.63) is 48.5 Å². The van der Waals surface area contributed by atoms with Crippen LogP contribution in [0.15, 0.2) is 53.4 Å².